The molecule has 1 fully saturated rings. The third-order valence-corrected chi connectivity index (χ3v) is 5.62. The molecule has 0 radical (unpaired) electrons. The Hall–Kier alpha value is -2.82. The summed E-state index contributed by atoms with van der Waals surface area (Å²) in [6.45, 7) is 9.17. The zero-order valence-electron chi connectivity index (χ0n) is 16.9. The summed E-state index contributed by atoms with van der Waals surface area (Å²) in [6, 6.07) is 14.3. The molecule has 0 unspecified atom stereocenters. The third-order valence-electron chi connectivity index (χ3n) is 5.62. The van der Waals surface area contributed by atoms with Crippen LogP contribution in [0.1, 0.15) is 61.0 Å². The average molecular weight is 377 g/mol. The minimum atomic E-state index is -0.164. The normalized spacial score (nSPS) is 15.4. The van der Waals surface area contributed by atoms with Crippen LogP contribution in [0.3, 0.4) is 0 Å². The topological polar surface area (TPSA) is 70.9 Å². The fraction of sp³-hybridized carbons (Fsp3) is 0.391. The maximum atomic E-state index is 12.6. The summed E-state index contributed by atoms with van der Waals surface area (Å²) in [7, 11) is 0. The molecule has 0 bridgehead atoms. The van der Waals surface area contributed by atoms with Crippen molar-refractivity contribution in [3.8, 4) is 11.5 Å². The number of hydrogen-bond donors (Lipinski definition) is 2. The van der Waals surface area contributed by atoms with Crippen molar-refractivity contribution in [2.24, 2.45) is 0 Å². The van der Waals surface area contributed by atoms with Crippen LogP contribution in [0.5, 0.6) is 0 Å². The summed E-state index contributed by atoms with van der Waals surface area (Å²) < 4.78 is 5.58. The molecule has 3 aromatic rings. The molecule has 28 heavy (non-hydrogen) atoms. The van der Waals surface area contributed by atoms with Gasteiger partial charge in [0.1, 0.15) is 11.5 Å². The van der Waals surface area contributed by atoms with Crippen LogP contribution in [0, 0.1) is 6.92 Å². The van der Waals surface area contributed by atoms with E-state index in [-0.39, 0.29) is 16.7 Å². The highest BCUT2D eigenvalue weighted by Gasteiger charge is 2.44. The van der Waals surface area contributed by atoms with E-state index >= 15 is 0 Å². The van der Waals surface area contributed by atoms with E-state index in [9.17, 15) is 4.79 Å². The monoisotopic (exact) mass is 377 g/mol. The van der Waals surface area contributed by atoms with Crippen LogP contribution in [0.2, 0.25) is 0 Å². The number of furan rings is 1. The number of aromatic nitrogens is 2. The van der Waals surface area contributed by atoms with Gasteiger partial charge in [-0.05, 0) is 48.4 Å². The van der Waals surface area contributed by atoms with E-state index in [0.717, 1.165) is 18.6 Å². The number of aryl methyl sites for hydroxylation is 1. The number of H-pyrrole nitrogens is 1. The van der Waals surface area contributed by atoms with Crippen molar-refractivity contribution in [3.05, 3.63) is 65.0 Å². The summed E-state index contributed by atoms with van der Waals surface area (Å²) in [5.74, 6) is 1.34. The molecule has 0 atom stereocenters. The maximum absolute atomic E-state index is 12.6. The number of rotatable bonds is 5. The molecule has 146 valence electrons. The smallest absolute Gasteiger partial charge is 0.271 e. The van der Waals surface area contributed by atoms with Crippen LogP contribution in [0.4, 0.5) is 0 Å². The first-order chi connectivity index (χ1) is 13.3. The molecule has 2 N–H and O–H groups in total. The van der Waals surface area contributed by atoms with Gasteiger partial charge in [-0.1, -0.05) is 45.0 Å². The summed E-state index contributed by atoms with van der Waals surface area (Å²) in [5.41, 5.74) is 3.92. The largest absolute Gasteiger partial charge is 0.460 e. The molecule has 1 aromatic carbocycles. The lowest BCUT2D eigenvalue weighted by Gasteiger charge is -2.21. The Kier molecular flexibility index (Phi) is 4.41. The van der Waals surface area contributed by atoms with Crippen molar-refractivity contribution in [1.82, 2.24) is 15.5 Å². The van der Waals surface area contributed by atoms with Crippen molar-refractivity contribution >= 4 is 5.91 Å². The Bertz CT molecular complexity index is 986. The average Bonchev–Trinajstić information content (AvgIpc) is 3.07. The Balaban J connectivity index is 1.41. The number of aromatic amines is 1. The van der Waals surface area contributed by atoms with E-state index < -0.39 is 0 Å². The minimum Gasteiger partial charge on any atom is -0.460 e. The Morgan fingerprint density at radius 3 is 2.46 bits per heavy atom. The Labute approximate surface area is 165 Å². The number of hydrogen-bond acceptors (Lipinski definition) is 3. The summed E-state index contributed by atoms with van der Waals surface area (Å²) in [4.78, 5) is 12.6. The molecular formula is C23H27N3O2. The first-order valence-electron chi connectivity index (χ1n) is 9.78. The number of benzene rings is 1. The summed E-state index contributed by atoms with van der Waals surface area (Å²) in [6.07, 6.45) is 2.19. The first kappa shape index (κ1) is 18.5. The second-order valence-corrected chi connectivity index (χ2v) is 8.87. The van der Waals surface area contributed by atoms with Gasteiger partial charge in [0.05, 0.1) is 0 Å². The number of carbonyl (C=O) groups excluding carboxylic acids is 1. The van der Waals surface area contributed by atoms with Gasteiger partial charge in [-0.15, -0.1) is 0 Å². The van der Waals surface area contributed by atoms with E-state index in [4.69, 9.17) is 4.42 Å². The lowest BCUT2D eigenvalue weighted by Crippen LogP contribution is -2.32. The van der Waals surface area contributed by atoms with Gasteiger partial charge in [-0.3, -0.25) is 9.89 Å². The molecule has 2 aromatic heterocycles. The molecule has 0 spiro atoms. The van der Waals surface area contributed by atoms with E-state index in [0.29, 0.717) is 23.7 Å². The lowest BCUT2D eigenvalue weighted by molar-refractivity contribution is 0.0944. The van der Waals surface area contributed by atoms with Crippen LogP contribution in [-0.4, -0.2) is 22.6 Å². The van der Waals surface area contributed by atoms with Crippen LogP contribution in [-0.2, 0) is 10.8 Å². The van der Waals surface area contributed by atoms with E-state index in [2.05, 4.69) is 60.6 Å². The highest BCUT2D eigenvalue weighted by Crippen LogP contribution is 2.48. The van der Waals surface area contributed by atoms with Crippen molar-refractivity contribution in [2.45, 2.75) is 51.4 Å². The Morgan fingerprint density at radius 2 is 1.89 bits per heavy atom. The van der Waals surface area contributed by atoms with Gasteiger partial charge >= 0.3 is 0 Å². The zero-order chi connectivity index (χ0) is 19.9. The van der Waals surface area contributed by atoms with Gasteiger partial charge in [-0.25, -0.2) is 0 Å². The molecule has 4 rings (SSSR count). The van der Waals surface area contributed by atoms with Crippen molar-refractivity contribution in [2.75, 3.05) is 6.54 Å². The van der Waals surface area contributed by atoms with Gasteiger partial charge in [0, 0.05) is 18.0 Å². The predicted octanol–water partition coefficient (Wildman–Crippen LogP) is 4.74. The molecular weight excluding hydrogens is 350 g/mol. The van der Waals surface area contributed by atoms with Crippen molar-refractivity contribution in [1.29, 1.82) is 0 Å². The van der Waals surface area contributed by atoms with Gasteiger partial charge in [0.25, 0.3) is 5.91 Å². The number of nitrogens with one attached hydrogen (secondary N) is 2. The molecule has 1 aliphatic rings. The molecule has 1 aliphatic carbocycles. The van der Waals surface area contributed by atoms with Gasteiger partial charge < -0.3 is 9.73 Å². The number of carbonyl (C=O) groups is 1. The van der Waals surface area contributed by atoms with E-state index in [1.165, 1.54) is 11.1 Å². The summed E-state index contributed by atoms with van der Waals surface area (Å²) >= 11 is 0. The second kappa shape index (κ2) is 6.66. The van der Waals surface area contributed by atoms with Crippen LogP contribution in [0.15, 0.2) is 46.9 Å². The zero-order valence-corrected chi connectivity index (χ0v) is 16.9. The second-order valence-electron chi connectivity index (χ2n) is 8.87. The van der Waals surface area contributed by atoms with Gasteiger partial charge in [0.2, 0.25) is 0 Å². The Morgan fingerprint density at radius 1 is 1.18 bits per heavy atom. The lowest BCUT2D eigenvalue weighted by atomic mass is 9.85. The van der Waals surface area contributed by atoms with Crippen LogP contribution < -0.4 is 5.32 Å². The molecule has 0 saturated heterocycles. The van der Waals surface area contributed by atoms with Crippen molar-refractivity contribution < 1.29 is 9.21 Å². The summed E-state index contributed by atoms with van der Waals surface area (Å²) in [5, 5.41) is 10.1. The minimum absolute atomic E-state index is 0.0589. The standard InChI is InChI=1S/C23H27N3O2/c1-15-5-10-20(28-15)18-13-19(26-25-18)21(27)24-14-23(11-12-23)17-8-6-16(7-9-17)22(2,3)4/h5-10,13H,11-12,14H2,1-4H3,(H,24,27)(H,25,26). The molecule has 1 saturated carbocycles. The predicted molar refractivity (Wildman–Crippen MR) is 109 cm³/mol. The fourth-order valence-corrected chi connectivity index (χ4v) is 3.53. The van der Waals surface area contributed by atoms with Gasteiger partial charge in [0.15, 0.2) is 11.5 Å². The molecule has 2 heterocycles. The maximum Gasteiger partial charge on any atom is 0.271 e. The van der Waals surface area contributed by atoms with Gasteiger partial charge in [-0.2, -0.15) is 5.10 Å². The molecule has 5 heteroatoms. The number of nitrogens with zero attached hydrogens (tertiary/aromatic N) is 1. The van der Waals surface area contributed by atoms with E-state index in [1.54, 1.807) is 6.07 Å². The third kappa shape index (κ3) is 3.61. The quantitative estimate of drug-likeness (QED) is 0.675. The highest BCUT2D eigenvalue weighted by molar-refractivity contribution is 5.93. The SMILES string of the molecule is Cc1ccc(-c2cc(C(=O)NCC3(c4ccc(C(C)(C)C)cc4)CC3)n[nH]2)o1. The molecule has 5 nitrogen and oxygen atoms in total. The molecule has 1 amide bonds. The van der Waals surface area contributed by atoms with Crippen LogP contribution >= 0.6 is 0 Å². The number of amides is 1. The fourth-order valence-electron chi connectivity index (χ4n) is 3.53. The van der Waals surface area contributed by atoms with E-state index in [1.807, 2.05) is 19.1 Å². The first-order valence-corrected chi connectivity index (χ1v) is 9.78. The van der Waals surface area contributed by atoms with Crippen molar-refractivity contribution in [3.63, 3.8) is 0 Å². The highest BCUT2D eigenvalue weighted by atomic mass is 16.3. The van der Waals surface area contributed by atoms with Crippen LogP contribution in [0.25, 0.3) is 11.5 Å². The molecule has 0 aliphatic heterocycles.